The van der Waals surface area contributed by atoms with Crippen LogP contribution in [0.15, 0.2) is 161 Å². The molecule has 0 amide bonds. The number of imidazole rings is 1. The van der Waals surface area contributed by atoms with Crippen LogP contribution in [0.1, 0.15) is 19.4 Å². The van der Waals surface area contributed by atoms with E-state index in [4.69, 9.17) is 13.8 Å². The summed E-state index contributed by atoms with van der Waals surface area (Å²) in [5.74, 6) is 1.43. The SMILES string of the molecule is CC(C)Cc1cc(-c2[c-]cccc2)ncc1[Si](C)(C)C.[Ir].[c-]1ccc2c(oc3ccccc32)c1-c1nc2cc3ccccc3cc2n1-c1cccc2c1oc1ccccc12. The van der Waals surface area contributed by atoms with Crippen LogP contribution in [-0.4, -0.2) is 22.6 Å². The fourth-order valence-electron chi connectivity index (χ4n) is 8.42. The van der Waals surface area contributed by atoms with Crippen molar-refractivity contribution < 1.29 is 28.9 Å². The average Bonchev–Trinajstić information content (AvgIpc) is 3.94. The number of nitrogens with zero attached hydrogens (tertiary/aromatic N) is 3. The Balaban J connectivity index is 0.000000188. The van der Waals surface area contributed by atoms with Gasteiger partial charge in [-0.15, -0.1) is 54.1 Å². The minimum atomic E-state index is -1.34. The molecule has 0 saturated heterocycles. The number of hydrogen-bond donors (Lipinski definition) is 0. The van der Waals surface area contributed by atoms with Gasteiger partial charge >= 0.3 is 0 Å². The summed E-state index contributed by atoms with van der Waals surface area (Å²) in [5, 5.41) is 8.08. The fourth-order valence-corrected chi connectivity index (χ4v) is 10.0. The number of furan rings is 2. The first kappa shape index (κ1) is 39.4. The van der Waals surface area contributed by atoms with Crippen LogP contribution in [0.4, 0.5) is 0 Å². The summed E-state index contributed by atoms with van der Waals surface area (Å²) in [6.45, 7) is 11.7. The molecule has 0 fully saturated rings. The Kier molecular flexibility index (Phi) is 10.4. The van der Waals surface area contributed by atoms with Crippen molar-refractivity contribution in [2.45, 2.75) is 39.9 Å². The van der Waals surface area contributed by atoms with Crippen LogP contribution in [0.2, 0.25) is 19.6 Å². The van der Waals surface area contributed by atoms with E-state index < -0.39 is 8.07 Å². The standard InChI is InChI=1S/C35H19N2O2.C18H24NSi.Ir/c1-2-10-22-20-30-28(19-21(22)9-1)36-35(27-15-7-13-25-23-11-3-5-17-31(23)38-33(25)27)37(30)29-16-8-14-26-24-12-4-6-18-32(24)39-34(26)29;1-14(2)11-16-12-17(15-9-7-6-8-10-15)19-13-18(16)20(3,4)5;/h1-14,16-20H;6-9,12-14H,11H2,1-5H3;/q2*-1;. The van der Waals surface area contributed by atoms with Crippen LogP contribution in [0.3, 0.4) is 0 Å². The Morgan fingerprint density at radius 3 is 2.00 bits per heavy atom. The summed E-state index contributed by atoms with van der Waals surface area (Å²) < 4.78 is 15.1. The average molecular weight is 974 g/mol. The van der Waals surface area contributed by atoms with Gasteiger partial charge in [-0.2, -0.15) is 0 Å². The predicted octanol–water partition coefficient (Wildman–Crippen LogP) is 13.7. The molecule has 7 aromatic carbocycles. The molecule has 4 aromatic heterocycles. The van der Waals surface area contributed by atoms with Gasteiger partial charge in [-0.25, -0.2) is 0 Å². The summed E-state index contributed by atoms with van der Waals surface area (Å²) in [4.78, 5) is 9.91. The number of aromatic nitrogens is 3. The van der Waals surface area contributed by atoms with Crippen LogP contribution in [0, 0.1) is 18.1 Å². The van der Waals surface area contributed by atoms with Crippen LogP contribution in [-0.2, 0) is 26.5 Å². The molecular weight excluding hydrogens is 931 g/mol. The van der Waals surface area contributed by atoms with Crippen molar-refractivity contribution in [1.29, 1.82) is 0 Å². The molecule has 297 valence electrons. The number of pyridine rings is 1. The number of hydrogen-bond acceptors (Lipinski definition) is 4. The van der Waals surface area contributed by atoms with Crippen LogP contribution in [0.25, 0.3) is 94.0 Å². The molecule has 7 heteroatoms. The van der Waals surface area contributed by atoms with Crippen molar-refractivity contribution in [3.63, 3.8) is 0 Å². The van der Waals surface area contributed by atoms with Gasteiger partial charge in [0.15, 0.2) is 5.58 Å². The molecule has 60 heavy (non-hydrogen) atoms. The van der Waals surface area contributed by atoms with Crippen molar-refractivity contribution >= 4 is 78.9 Å². The van der Waals surface area contributed by atoms with Crippen molar-refractivity contribution in [3.8, 4) is 28.3 Å². The third-order valence-electron chi connectivity index (χ3n) is 11.1. The van der Waals surface area contributed by atoms with E-state index >= 15 is 0 Å². The topological polar surface area (TPSA) is 57.0 Å². The second kappa shape index (κ2) is 15.8. The maximum atomic E-state index is 6.49. The summed E-state index contributed by atoms with van der Waals surface area (Å²) in [7, 11) is -1.34. The summed E-state index contributed by atoms with van der Waals surface area (Å²) >= 11 is 0. The van der Waals surface area contributed by atoms with Gasteiger partial charge in [0.1, 0.15) is 11.2 Å². The van der Waals surface area contributed by atoms with Gasteiger partial charge in [-0.3, -0.25) is 4.98 Å². The molecule has 0 saturated carbocycles. The van der Waals surface area contributed by atoms with Gasteiger partial charge in [-0.05, 0) is 64.3 Å². The van der Waals surface area contributed by atoms with Crippen LogP contribution in [0.5, 0.6) is 0 Å². The van der Waals surface area contributed by atoms with Crippen LogP contribution < -0.4 is 5.19 Å². The van der Waals surface area contributed by atoms with Gasteiger partial charge in [0, 0.05) is 42.5 Å². The molecule has 0 N–H and O–H groups in total. The van der Waals surface area contributed by atoms with E-state index in [0.717, 1.165) is 100 Å². The molecule has 0 bridgehead atoms. The van der Waals surface area contributed by atoms with E-state index in [0.29, 0.717) is 5.92 Å². The number of benzene rings is 7. The van der Waals surface area contributed by atoms with E-state index in [1.807, 2.05) is 60.7 Å². The molecule has 11 rings (SSSR count). The van der Waals surface area contributed by atoms with Crippen molar-refractivity contribution in [1.82, 2.24) is 14.5 Å². The van der Waals surface area contributed by atoms with Crippen molar-refractivity contribution in [3.05, 3.63) is 169 Å². The fraction of sp³-hybridized carbons (Fsp3) is 0.132. The third kappa shape index (κ3) is 7.07. The Morgan fingerprint density at radius 2 is 1.30 bits per heavy atom. The second-order valence-electron chi connectivity index (χ2n) is 16.8. The Labute approximate surface area is 364 Å². The Bertz CT molecular complexity index is 3340. The summed E-state index contributed by atoms with van der Waals surface area (Å²) in [6, 6.07) is 56.5. The smallest absolute Gasteiger partial charge is 0.158 e. The summed E-state index contributed by atoms with van der Waals surface area (Å²) in [5.41, 5.74) is 10.6. The molecule has 5 nitrogen and oxygen atoms in total. The minimum Gasteiger partial charge on any atom is -0.501 e. The van der Waals surface area contributed by atoms with Gasteiger partial charge in [0.25, 0.3) is 0 Å². The first-order chi connectivity index (χ1) is 28.7. The zero-order valence-corrected chi connectivity index (χ0v) is 37.6. The van der Waals surface area contributed by atoms with E-state index in [1.165, 1.54) is 10.8 Å². The Hall–Kier alpha value is -6.11. The quantitative estimate of drug-likeness (QED) is 0.123. The summed E-state index contributed by atoms with van der Waals surface area (Å²) in [6.07, 6.45) is 3.24. The van der Waals surface area contributed by atoms with Crippen molar-refractivity contribution in [2.75, 3.05) is 0 Å². The molecule has 0 unspecified atom stereocenters. The molecule has 0 aliphatic rings. The van der Waals surface area contributed by atoms with Gasteiger partial charge in [0.2, 0.25) is 0 Å². The first-order valence-electron chi connectivity index (χ1n) is 20.3. The minimum absolute atomic E-state index is 0. The maximum Gasteiger partial charge on any atom is 0.158 e. The van der Waals surface area contributed by atoms with Crippen LogP contribution >= 0.6 is 0 Å². The number of rotatable bonds is 6. The normalized spacial score (nSPS) is 11.8. The van der Waals surface area contributed by atoms with Crippen molar-refractivity contribution in [2.24, 2.45) is 5.92 Å². The second-order valence-corrected chi connectivity index (χ2v) is 21.8. The van der Waals surface area contributed by atoms with E-state index in [-0.39, 0.29) is 20.1 Å². The molecule has 0 spiro atoms. The maximum absolute atomic E-state index is 6.49. The zero-order valence-electron chi connectivity index (χ0n) is 34.2. The van der Waals surface area contributed by atoms with Gasteiger partial charge in [0.05, 0.1) is 36.2 Å². The molecule has 11 aromatic rings. The van der Waals surface area contributed by atoms with E-state index in [9.17, 15) is 0 Å². The Morgan fingerprint density at radius 1 is 0.650 bits per heavy atom. The monoisotopic (exact) mass is 974 g/mol. The first-order valence-corrected chi connectivity index (χ1v) is 23.8. The zero-order chi connectivity index (χ0) is 40.3. The molecule has 0 atom stereocenters. The third-order valence-corrected chi connectivity index (χ3v) is 13.2. The largest absolute Gasteiger partial charge is 0.501 e. The van der Waals surface area contributed by atoms with Gasteiger partial charge in [-0.1, -0.05) is 129 Å². The molecule has 0 aliphatic carbocycles. The number of fused-ring (bicyclic) bond motifs is 8. The van der Waals surface area contributed by atoms with E-state index in [1.54, 1.807) is 0 Å². The molecule has 4 heterocycles. The van der Waals surface area contributed by atoms with E-state index in [2.05, 4.69) is 146 Å². The number of para-hydroxylation sites is 3. The molecular formula is C53H43IrN3O2Si-2. The van der Waals surface area contributed by atoms with Gasteiger partial charge < -0.3 is 18.4 Å². The molecule has 1 radical (unpaired) electrons. The predicted molar refractivity (Wildman–Crippen MR) is 247 cm³/mol. The molecule has 0 aliphatic heterocycles.